The Hall–Kier alpha value is -1.75. The third-order valence-corrected chi connectivity index (χ3v) is 2.95. The predicted octanol–water partition coefficient (Wildman–Crippen LogP) is 0.751. The van der Waals surface area contributed by atoms with Gasteiger partial charge in [-0.15, -0.1) is 0 Å². The van der Waals surface area contributed by atoms with Gasteiger partial charge >= 0.3 is 0 Å². The summed E-state index contributed by atoms with van der Waals surface area (Å²) in [5.41, 5.74) is 5.44. The van der Waals surface area contributed by atoms with E-state index in [1.54, 1.807) is 7.11 Å². The van der Waals surface area contributed by atoms with Crippen molar-refractivity contribution in [2.45, 2.75) is 12.0 Å². The van der Waals surface area contributed by atoms with Crippen LogP contribution in [-0.4, -0.2) is 31.8 Å². The number of anilines is 1. The molecule has 0 spiro atoms. The summed E-state index contributed by atoms with van der Waals surface area (Å²) in [6.45, 7) is 0.847. The second-order valence-electron chi connectivity index (χ2n) is 4.11. The van der Waals surface area contributed by atoms with Gasteiger partial charge in [0.2, 0.25) is 5.91 Å². The van der Waals surface area contributed by atoms with Crippen LogP contribution in [0.3, 0.4) is 0 Å². The molecular formula is C12H16N2O3. The first kappa shape index (κ1) is 11.7. The Bertz CT molecular complexity index is 414. The maximum Gasteiger partial charge on any atom is 0.245 e. The molecule has 0 aromatic heterocycles. The summed E-state index contributed by atoms with van der Waals surface area (Å²) in [6, 6.07) is 7.38. The van der Waals surface area contributed by atoms with Crippen LogP contribution in [0.25, 0.3) is 0 Å². The smallest absolute Gasteiger partial charge is 0.245 e. The molecule has 1 aliphatic rings. The Balaban J connectivity index is 2.20. The molecule has 0 radical (unpaired) electrons. The number of rotatable bonds is 4. The van der Waals surface area contributed by atoms with Crippen molar-refractivity contribution in [3.63, 3.8) is 0 Å². The third kappa shape index (κ3) is 2.34. The van der Waals surface area contributed by atoms with Crippen LogP contribution in [0.1, 0.15) is 6.42 Å². The molecular weight excluding hydrogens is 220 g/mol. The van der Waals surface area contributed by atoms with E-state index in [2.05, 4.69) is 5.32 Å². The highest BCUT2D eigenvalue weighted by Crippen LogP contribution is 2.26. The first-order valence-electron chi connectivity index (χ1n) is 5.46. The molecule has 1 atom stereocenters. The first-order chi connectivity index (χ1) is 8.16. The highest BCUT2D eigenvalue weighted by molar-refractivity contribution is 5.88. The van der Waals surface area contributed by atoms with Gasteiger partial charge in [-0.1, -0.05) is 6.07 Å². The van der Waals surface area contributed by atoms with Gasteiger partial charge in [-0.2, -0.15) is 0 Å². The highest BCUT2D eigenvalue weighted by Gasteiger charge is 2.40. The number of nitrogens with two attached hydrogens (primary N) is 1. The van der Waals surface area contributed by atoms with Crippen LogP contribution in [0.2, 0.25) is 0 Å². The molecule has 1 heterocycles. The third-order valence-electron chi connectivity index (χ3n) is 2.95. The van der Waals surface area contributed by atoms with Crippen molar-refractivity contribution >= 4 is 11.6 Å². The van der Waals surface area contributed by atoms with Crippen molar-refractivity contribution in [1.82, 2.24) is 0 Å². The van der Waals surface area contributed by atoms with Crippen LogP contribution in [0.15, 0.2) is 24.3 Å². The van der Waals surface area contributed by atoms with E-state index >= 15 is 0 Å². The molecule has 1 aliphatic heterocycles. The molecule has 1 aromatic rings. The number of carbonyl (C=O) groups excluding carboxylic acids is 1. The fourth-order valence-electron chi connectivity index (χ4n) is 1.90. The Kier molecular flexibility index (Phi) is 3.19. The number of primary amides is 1. The van der Waals surface area contributed by atoms with Gasteiger partial charge in [0.1, 0.15) is 11.3 Å². The largest absolute Gasteiger partial charge is 0.497 e. The average molecular weight is 236 g/mol. The molecule has 5 heteroatoms. The Labute approximate surface area is 99.9 Å². The van der Waals surface area contributed by atoms with Gasteiger partial charge in [0.15, 0.2) is 0 Å². The van der Waals surface area contributed by atoms with E-state index in [0.717, 1.165) is 11.4 Å². The molecule has 1 saturated heterocycles. The minimum Gasteiger partial charge on any atom is -0.497 e. The number of benzene rings is 1. The molecule has 1 fully saturated rings. The number of nitrogens with one attached hydrogen (secondary N) is 1. The van der Waals surface area contributed by atoms with Gasteiger partial charge in [-0.25, -0.2) is 0 Å². The number of hydrogen-bond acceptors (Lipinski definition) is 4. The molecule has 17 heavy (non-hydrogen) atoms. The summed E-state index contributed by atoms with van der Waals surface area (Å²) >= 11 is 0. The van der Waals surface area contributed by atoms with Gasteiger partial charge in [0.25, 0.3) is 0 Å². The lowest BCUT2D eigenvalue weighted by atomic mass is 9.97. The zero-order chi connectivity index (χ0) is 12.3. The Morgan fingerprint density at radius 1 is 1.59 bits per heavy atom. The predicted molar refractivity (Wildman–Crippen MR) is 64.0 cm³/mol. The van der Waals surface area contributed by atoms with E-state index in [0.29, 0.717) is 19.6 Å². The monoisotopic (exact) mass is 236 g/mol. The zero-order valence-electron chi connectivity index (χ0n) is 9.73. The summed E-state index contributed by atoms with van der Waals surface area (Å²) in [6.07, 6.45) is 0.583. The van der Waals surface area contributed by atoms with Crippen LogP contribution in [0.5, 0.6) is 5.75 Å². The van der Waals surface area contributed by atoms with Gasteiger partial charge < -0.3 is 20.5 Å². The Morgan fingerprint density at radius 3 is 3.00 bits per heavy atom. The molecule has 1 amide bonds. The zero-order valence-corrected chi connectivity index (χ0v) is 9.73. The van der Waals surface area contributed by atoms with E-state index < -0.39 is 11.4 Å². The SMILES string of the molecule is COc1cccc(NC2(C(N)=O)CCOC2)c1. The van der Waals surface area contributed by atoms with Crippen molar-refractivity contribution in [2.75, 3.05) is 25.6 Å². The van der Waals surface area contributed by atoms with Crippen molar-refractivity contribution in [2.24, 2.45) is 5.73 Å². The minimum atomic E-state index is -0.799. The van der Waals surface area contributed by atoms with Gasteiger partial charge in [-0.05, 0) is 12.1 Å². The van der Waals surface area contributed by atoms with Gasteiger partial charge in [0, 0.05) is 24.8 Å². The summed E-state index contributed by atoms with van der Waals surface area (Å²) in [4.78, 5) is 11.5. The molecule has 2 rings (SSSR count). The van der Waals surface area contributed by atoms with Crippen LogP contribution in [-0.2, 0) is 9.53 Å². The van der Waals surface area contributed by atoms with E-state index in [9.17, 15) is 4.79 Å². The quantitative estimate of drug-likeness (QED) is 0.809. The van der Waals surface area contributed by atoms with Crippen LogP contribution in [0, 0.1) is 0 Å². The highest BCUT2D eigenvalue weighted by atomic mass is 16.5. The lowest BCUT2D eigenvalue weighted by molar-refractivity contribution is -0.122. The van der Waals surface area contributed by atoms with E-state index in [1.165, 1.54) is 0 Å². The molecule has 1 aromatic carbocycles. The topological polar surface area (TPSA) is 73.6 Å². The Morgan fingerprint density at radius 2 is 2.41 bits per heavy atom. The first-order valence-corrected chi connectivity index (χ1v) is 5.46. The molecule has 92 valence electrons. The lowest BCUT2D eigenvalue weighted by Crippen LogP contribution is -2.51. The normalized spacial score (nSPS) is 23.4. The van der Waals surface area contributed by atoms with Crippen LogP contribution >= 0.6 is 0 Å². The molecule has 1 unspecified atom stereocenters. The van der Waals surface area contributed by atoms with Gasteiger partial charge in [-0.3, -0.25) is 4.79 Å². The number of hydrogen-bond donors (Lipinski definition) is 2. The molecule has 0 bridgehead atoms. The van der Waals surface area contributed by atoms with Crippen molar-refractivity contribution in [3.05, 3.63) is 24.3 Å². The number of ether oxygens (including phenoxy) is 2. The summed E-state index contributed by atoms with van der Waals surface area (Å²) in [5.74, 6) is 0.339. The number of amides is 1. The molecule has 0 saturated carbocycles. The van der Waals surface area contributed by atoms with Crippen molar-refractivity contribution < 1.29 is 14.3 Å². The second kappa shape index (κ2) is 4.63. The van der Waals surface area contributed by atoms with E-state index in [1.807, 2.05) is 24.3 Å². The van der Waals surface area contributed by atoms with Crippen molar-refractivity contribution in [1.29, 1.82) is 0 Å². The maximum atomic E-state index is 11.5. The summed E-state index contributed by atoms with van der Waals surface area (Å²) < 4.78 is 10.4. The number of methoxy groups -OCH3 is 1. The standard InChI is InChI=1S/C12H16N2O3/c1-16-10-4-2-3-9(7-10)14-12(11(13)15)5-6-17-8-12/h2-4,7,14H,5-6,8H2,1H3,(H2,13,15). The lowest BCUT2D eigenvalue weighted by Gasteiger charge is -2.26. The maximum absolute atomic E-state index is 11.5. The van der Waals surface area contributed by atoms with Gasteiger partial charge in [0.05, 0.1) is 13.7 Å². The molecule has 5 nitrogen and oxygen atoms in total. The number of carbonyl (C=O) groups is 1. The fourth-order valence-corrected chi connectivity index (χ4v) is 1.90. The van der Waals surface area contributed by atoms with Crippen LogP contribution < -0.4 is 15.8 Å². The molecule has 3 N–H and O–H groups in total. The van der Waals surface area contributed by atoms with Crippen LogP contribution in [0.4, 0.5) is 5.69 Å². The van der Waals surface area contributed by atoms with Crippen molar-refractivity contribution in [3.8, 4) is 5.75 Å². The summed E-state index contributed by atoms with van der Waals surface area (Å²) in [5, 5.41) is 3.15. The van der Waals surface area contributed by atoms with E-state index in [4.69, 9.17) is 15.2 Å². The summed E-state index contributed by atoms with van der Waals surface area (Å²) in [7, 11) is 1.60. The molecule has 0 aliphatic carbocycles. The minimum absolute atomic E-state index is 0.305. The van der Waals surface area contributed by atoms with E-state index in [-0.39, 0.29) is 0 Å². The fraction of sp³-hybridized carbons (Fsp3) is 0.417. The second-order valence-corrected chi connectivity index (χ2v) is 4.11. The average Bonchev–Trinajstić information content (AvgIpc) is 2.79.